The average Bonchev–Trinajstić information content (AvgIpc) is 2.84. The van der Waals surface area contributed by atoms with Crippen LogP contribution in [0.15, 0.2) is 30.3 Å². The number of benzene rings is 1. The molecule has 0 aliphatic rings. The van der Waals surface area contributed by atoms with Crippen molar-refractivity contribution in [1.82, 2.24) is 10.3 Å². The van der Waals surface area contributed by atoms with Gasteiger partial charge in [-0.1, -0.05) is 25.1 Å². The molecule has 2 rings (SSSR count). The first-order valence-corrected chi connectivity index (χ1v) is 7.87. The molecule has 0 spiro atoms. The van der Waals surface area contributed by atoms with Crippen LogP contribution < -0.4 is 10.1 Å². The molecular formula is C16H22N2OS. The largest absolute Gasteiger partial charge is 0.486 e. The molecule has 1 unspecified atom stereocenters. The maximum Gasteiger partial charge on any atom is 0.140 e. The first-order chi connectivity index (χ1) is 9.69. The van der Waals surface area contributed by atoms with E-state index in [2.05, 4.69) is 31.1 Å². The lowest BCUT2D eigenvalue weighted by Crippen LogP contribution is -2.24. The molecule has 20 heavy (non-hydrogen) atoms. The van der Waals surface area contributed by atoms with Crippen molar-refractivity contribution in [2.45, 2.75) is 46.4 Å². The summed E-state index contributed by atoms with van der Waals surface area (Å²) in [7, 11) is 0. The van der Waals surface area contributed by atoms with E-state index in [1.165, 1.54) is 4.88 Å². The maximum atomic E-state index is 5.73. The summed E-state index contributed by atoms with van der Waals surface area (Å²) >= 11 is 1.73. The zero-order valence-corrected chi connectivity index (χ0v) is 13.2. The van der Waals surface area contributed by atoms with Crippen molar-refractivity contribution in [3.05, 3.63) is 45.9 Å². The lowest BCUT2D eigenvalue weighted by atomic mass is 10.2. The monoisotopic (exact) mass is 290 g/mol. The van der Waals surface area contributed by atoms with Crippen LogP contribution in [0.2, 0.25) is 0 Å². The van der Waals surface area contributed by atoms with E-state index >= 15 is 0 Å². The first-order valence-electron chi connectivity index (χ1n) is 7.05. The van der Waals surface area contributed by atoms with Gasteiger partial charge in [-0.05, 0) is 32.4 Å². The highest BCUT2D eigenvalue weighted by Crippen LogP contribution is 2.20. The number of aryl methyl sites for hydroxylation is 1. The molecule has 0 aliphatic carbocycles. The SMILES string of the molecule is CCC(C)NCc1sc(COc2ccccc2)nc1C. The highest BCUT2D eigenvalue weighted by Gasteiger charge is 2.09. The Morgan fingerprint density at radius 1 is 1.30 bits per heavy atom. The third-order valence-electron chi connectivity index (χ3n) is 3.27. The standard InChI is InChI=1S/C16H22N2OS/c1-4-12(2)17-10-15-13(3)18-16(20-15)11-19-14-8-6-5-7-9-14/h5-9,12,17H,4,10-11H2,1-3H3. The summed E-state index contributed by atoms with van der Waals surface area (Å²) in [5, 5.41) is 4.54. The minimum atomic E-state index is 0.541. The molecule has 2 aromatic rings. The Labute approximate surface area is 125 Å². The fourth-order valence-electron chi connectivity index (χ4n) is 1.79. The highest BCUT2D eigenvalue weighted by atomic mass is 32.1. The predicted octanol–water partition coefficient (Wildman–Crippen LogP) is 3.92. The Balaban J connectivity index is 1.90. The molecule has 1 N–H and O–H groups in total. The summed E-state index contributed by atoms with van der Waals surface area (Å²) in [5.74, 6) is 0.889. The Morgan fingerprint density at radius 3 is 2.75 bits per heavy atom. The molecule has 1 aromatic heterocycles. The lowest BCUT2D eigenvalue weighted by Gasteiger charge is -2.09. The van der Waals surface area contributed by atoms with Crippen molar-refractivity contribution >= 4 is 11.3 Å². The Kier molecular flexibility index (Phi) is 5.56. The Bertz CT molecular complexity index is 525. The molecule has 1 atom stereocenters. The van der Waals surface area contributed by atoms with Gasteiger partial charge < -0.3 is 10.1 Å². The summed E-state index contributed by atoms with van der Waals surface area (Å²) in [6.45, 7) is 7.89. The van der Waals surface area contributed by atoms with Gasteiger partial charge in [0.25, 0.3) is 0 Å². The van der Waals surface area contributed by atoms with Gasteiger partial charge in [0, 0.05) is 17.5 Å². The summed E-state index contributed by atoms with van der Waals surface area (Å²) in [6.07, 6.45) is 1.14. The smallest absolute Gasteiger partial charge is 0.140 e. The maximum absolute atomic E-state index is 5.73. The molecule has 1 heterocycles. The molecule has 0 radical (unpaired) electrons. The van der Waals surface area contributed by atoms with Crippen LogP contribution in [0.4, 0.5) is 0 Å². The van der Waals surface area contributed by atoms with Crippen LogP contribution in [-0.4, -0.2) is 11.0 Å². The number of rotatable bonds is 7. The number of nitrogens with zero attached hydrogens (tertiary/aromatic N) is 1. The van der Waals surface area contributed by atoms with Crippen molar-refractivity contribution < 1.29 is 4.74 Å². The molecule has 0 saturated carbocycles. The van der Waals surface area contributed by atoms with Gasteiger partial charge in [-0.2, -0.15) is 0 Å². The number of thiazole rings is 1. The van der Waals surface area contributed by atoms with Crippen LogP contribution >= 0.6 is 11.3 Å². The number of ether oxygens (including phenoxy) is 1. The molecule has 4 heteroatoms. The van der Waals surface area contributed by atoms with Gasteiger partial charge >= 0.3 is 0 Å². The van der Waals surface area contributed by atoms with E-state index in [0.29, 0.717) is 12.6 Å². The van der Waals surface area contributed by atoms with Crippen molar-refractivity contribution in [3.63, 3.8) is 0 Å². The van der Waals surface area contributed by atoms with Gasteiger partial charge in [0.2, 0.25) is 0 Å². The average molecular weight is 290 g/mol. The van der Waals surface area contributed by atoms with Gasteiger partial charge in [0.15, 0.2) is 0 Å². The number of aromatic nitrogens is 1. The van der Waals surface area contributed by atoms with E-state index in [-0.39, 0.29) is 0 Å². The number of hydrogen-bond donors (Lipinski definition) is 1. The minimum Gasteiger partial charge on any atom is -0.486 e. The summed E-state index contributed by atoms with van der Waals surface area (Å²) in [6, 6.07) is 10.4. The molecule has 108 valence electrons. The lowest BCUT2D eigenvalue weighted by molar-refractivity contribution is 0.305. The molecule has 0 fully saturated rings. The van der Waals surface area contributed by atoms with Crippen LogP contribution in [-0.2, 0) is 13.2 Å². The van der Waals surface area contributed by atoms with Crippen molar-refractivity contribution in [2.75, 3.05) is 0 Å². The van der Waals surface area contributed by atoms with Crippen LogP contribution in [0.5, 0.6) is 5.75 Å². The third-order valence-corrected chi connectivity index (χ3v) is 4.40. The number of hydrogen-bond acceptors (Lipinski definition) is 4. The fourth-order valence-corrected chi connectivity index (χ4v) is 2.72. The molecule has 0 saturated heterocycles. The summed E-state index contributed by atoms with van der Waals surface area (Å²) in [4.78, 5) is 5.89. The Morgan fingerprint density at radius 2 is 2.05 bits per heavy atom. The van der Waals surface area contributed by atoms with Crippen molar-refractivity contribution in [1.29, 1.82) is 0 Å². The van der Waals surface area contributed by atoms with Crippen molar-refractivity contribution in [2.24, 2.45) is 0 Å². The summed E-state index contributed by atoms with van der Waals surface area (Å²) < 4.78 is 5.73. The zero-order valence-electron chi connectivity index (χ0n) is 12.3. The first kappa shape index (κ1) is 15.0. The fraction of sp³-hybridized carbons (Fsp3) is 0.438. The van der Waals surface area contributed by atoms with Crippen molar-refractivity contribution in [3.8, 4) is 5.75 Å². The van der Waals surface area contributed by atoms with Crippen LogP contribution in [0.25, 0.3) is 0 Å². The molecule has 0 amide bonds. The minimum absolute atomic E-state index is 0.541. The van der Waals surface area contributed by atoms with Gasteiger partial charge in [-0.3, -0.25) is 0 Å². The molecule has 3 nitrogen and oxygen atoms in total. The zero-order chi connectivity index (χ0) is 14.4. The van der Waals surface area contributed by atoms with E-state index in [9.17, 15) is 0 Å². The van der Waals surface area contributed by atoms with E-state index in [4.69, 9.17) is 4.74 Å². The third kappa shape index (κ3) is 4.32. The van der Waals surface area contributed by atoms with Gasteiger partial charge in [-0.25, -0.2) is 4.98 Å². The predicted molar refractivity (Wildman–Crippen MR) is 84.2 cm³/mol. The van der Waals surface area contributed by atoms with Crippen LogP contribution in [0.3, 0.4) is 0 Å². The van der Waals surface area contributed by atoms with E-state index in [1.54, 1.807) is 11.3 Å². The van der Waals surface area contributed by atoms with Gasteiger partial charge in [0.05, 0.1) is 5.69 Å². The van der Waals surface area contributed by atoms with Gasteiger partial charge in [0.1, 0.15) is 17.4 Å². The number of para-hydroxylation sites is 1. The van der Waals surface area contributed by atoms with E-state index < -0.39 is 0 Å². The second kappa shape index (κ2) is 7.41. The molecule has 1 aromatic carbocycles. The second-order valence-electron chi connectivity index (χ2n) is 4.91. The second-order valence-corrected chi connectivity index (χ2v) is 6.08. The molecular weight excluding hydrogens is 268 g/mol. The molecule has 0 aliphatic heterocycles. The summed E-state index contributed by atoms with van der Waals surface area (Å²) in [5.41, 5.74) is 1.11. The number of nitrogens with one attached hydrogen (secondary N) is 1. The van der Waals surface area contributed by atoms with Gasteiger partial charge in [-0.15, -0.1) is 11.3 Å². The Hall–Kier alpha value is -1.39. The van der Waals surface area contributed by atoms with E-state index in [1.807, 2.05) is 30.3 Å². The molecule has 0 bridgehead atoms. The highest BCUT2D eigenvalue weighted by molar-refractivity contribution is 7.11. The van der Waals surface area contributed by atoms with Crippen LogP contribution in [0, 0.1) is 6.92 Å². The van der Waals surface area contributed by atoms with E-state index in [0.717, 1.165) is 29.4 Å². The normalized spacial score (nSPS) is 12.3. The topological polar surface area (TPSA) is 34.1 Å². The quantitative estimate of drug-likeness (QED) is 0.839. The van der Waals surface area contributed by atoms with Crippen LogP contribution in [0.1, 0.15) is 35.8 Å².